The topological polar surface area (TPSA) is 129 Å². The number of carbonyl (C=O) groups is 3. The zero-order valence-corrected chi connectivity index (χ0v) is 26.2. The van der Waals surface area contributed by atoms with Crippen LogP contribution in [-0.2, 0) is 27.2 Å². The van der Waals surface area contributed by atoms with Gasteiger partial charge in [0.1, 0.15) is 11.6 Å². The first-order valence-electron chi connectivity index (χ1n) is 13.7. The van der Waals surface area contributed by atoms with Gasteiger partial charge in [0.25, 0.3) is 5.91 Å². The molecule has 3 amide bonds. The van der Waals surface area contributed by atoms with Crippen LogP contribution in [0.15, 0.2) is 59.1 Å². The lowest BCUT2D eigenvalue weighted by Crippen LogP contribution is -2.57. The molecule has 2 aromatic carbocycles. The van der Waals surface area contributed by atoms with Crippen LogP contribution in [0.5, 0.6) is 0 Å². The molecule has 0 aliphatic heterocycles. The molecule has 0 aromatic heterocycles. The van der Waals surface area contributed by atoms with Crippen molar-refractivity contribution in [2.45, 2.75) is 77.8 Å². The van der Waals surface area contributed by atoms with Gasteiger partial charge in [-0.15, -0.1) is 0 Å². The number of hydrogen-bond acceptors (Lipinski definition) is 7. The maximum absolute atomic E-state index is 13.4. The Morgan fingerprint density at radius 2 is 1.61 bits per heavy atom. The Labute approximate surface area is 251 Å². The summed E-state index contributed by atoms with van der Waals surface area (Å²) in [6.45, 7) is 9.30. The summed E-state index contributed by atoms with van der Waals surface area (Å²) >= 11 is 3.43. The molecular formula is C30H43BrN4O6. The van der Waals surface area contributed by atoms with E-state index in [9.17, 15) is 19.5 Å². The molecule has 0 saturated carbocycles. The van der Waals surface area contributed by atoms with E-state index in [0.29, 0.717) is 12.8 Å². The standard InChI is InChI=1S/C30H43BrN4O6/c1-7-20(2)26(33-28(38)40-6)27(37)34-35(18-22-13-15-23(31)16-14-22)19-25(36)24(17-21-11-9-8-10-12-21)32-29(39)41-30(3,4)5/h8-16,20,24-26,36H,7,17-19H2,1-6H3,(H,32,39)(H,33,38)(H,34,37)/t20-,24-,25-,26-/m0/s1. The number of hydrogen-bond donors (Lipinski definition) is 4. The Bertz CT molecular complexity index is 1110. The molecule has 10 nitrogen and oxygen atoms in total. The number of carbonyl (C=O) groups excluding carboxylic acids is 3. The summed E-state index contributed by atoms with van der Waals surface area (Å²) in [5, 5.41) is 18.4. The number of hydrazine groups is 1. The van der Waals surface area contributed by atoms with Crippen LogP contribution in [-0.4, -0.2) is 65.7 Å². The van der Waals surface area contributed by atoms with E-state index in [1.54, 1.807) is 25.8 Å². The zero-order chi connectivity index (χ0) is 30.6. The summed E-state index contributed by atoms with van der Waals surface area (Å²) in [5.41, 5.74) is 3.95. The van der Waals surface area contributed by atoms with E-state index in [0.717, 1.165) is 15.6 Å². The second kappa shape index (κ2) is 16.3. The van der Waals surface area contributed by atoms with Crippen molar-refractivity contribution < 1.29 is 29.0 Å². The van der Waals surface area contributed by atoms with Gasteiger partial charge in [-0.05, 0) is 56.4 Å². The summed E-state index contributed by atoms with van der Waals surface area (Å²) in [7, 11) is 1.24. The molecule has 0 aliphatic carbocycles. The van der Waals surface area contributed by atoms with Gasteiger partial charge in [-0.2, -0.15) is 0 Å². The molecule has 226 valence electrons. The molecule has 0 saturated heterocycles. The molecule has 0 heterocycles. The Morgan fingerprint density at radius 1 is 0.976 bits per heavy atom. The van der Waals surface area contributed by atoms with Gasteiger partial charge in [-0.25, -0.2) is 14.6 Å². The van der Waals surface area contributed by atoms with E-state index in [-0.39, 0.29) is 19.0 Å². The highest BCUT2D eigenvalue weighted by Crippen LogP contribution is 2.15. The van der Waals surface area contributed by atoms with Crippen molar-refractivity contribution in [3.05, 3.63) is 70.2 Å². The summed E-state index contributed by atoms with van der Waals surface area (Å²) in [4.78, 5) is 38.1. The fourth-order valence-electron chi connectivity index (χ4n) is 4.04. The predicted octanol–water partition coefficient (Wildman–Crippen LogP) is 4.55. The lowest BCUT2D eigenvalue weighted by molar-refractivity contribution is -0.130. The molecule has 0 bridgehead atoms. The number of halogens is 1. The molecule has 2 aromatic rings. The van der Waals surface area contributed by atoms with E-state index < -0.39 is 41.9 Å². The van der Waals surface area contributed by atoms with Crippen LogP contribution in [0.3, 0.4) is 0 Å². The fourth-order valence-corrected chi connectivity index (χ4v) is 4.30. The largest absolute Gasteiger partial charge is 0.453 e. The highest BCUT2D eigenvalue weighted by atomic mass is 79.9. The molecule has 4 N–H and O–H groups in total. The maximum atomic E-state index is 13.4. The number of methoxy groups -OCH3 is 1. The van der Waals surface area contributed by atoms with Gasteiger partial charge in [-0.3, -0.25) is 10.2 Å². The molecule has 0 spiro atoms. The quantitative estimate of drug-likeness (QED) is 0.238. The second-order valence-corrected chi connectivity index (χ2v) is 11.9. The Balaban J connectivity index is 2.32. The maximum Gasteiger partial charge on any atom is 0.407 e. The number of ether oxygens (including phenoxy) is 2. The van der Waals surface area contributed by atoms with Gasteiger partial charge < -0.3 is 25.2 Å². The Hall–Kier alpha value is -3.15. The molecule has 2 rings (SSSR count). The molecule has 41 heavy (non-hydrogen) atoms. The molecule has 0 unspecified atom stereocenters. The number of aliphatic hydroxyl groups excluding tert-OH is 1. The fraction of sp³-hybridized carbons (Fsp3) is 0.500. The smallest absolute Gasteiger partial charge is 0.407 e. The van der Waals surface area contributed by atoms with Gasteiger partial charge in [0.15, 0.2) is 0 Å². The summed E-state index contributed by atoms with van der Waals surface area (Å²) in [6.07, 6.45) is -1.50. The van der Waals surface area contributed by atoms with Crippen molar-refractivity contribution >= 4 is 34.0 Å². The van der Waals surface area contributed by atoms with Crippen LogP contribution in [0.4, 0.5) is 9.59 Å². The van der Waals surface area contributed by atoms with Crippen LogP contribution in [0.2, 0.25) is 0 Å². The monoisotopic (exact) mass is 634 g/mol. The third kappa shape index (κ3) is 12.5. The van der Waals surface area contributed by atoms with Crippen LogP contribution in [0.25, 0.3) is 0 Å². The Morgan fingerprint density at radius 3 is 2.17 bits per heavy atom. The van der Waals surface area contributed by atoms with Gasteiger partial charge in [0, 0.05) is 17.6 Å². The van der Waals surface area contributed by atoms with Crippen LogP contribution >= 0.6 is 15.9 Å². The van der Waals surface area contributed by atoms with Crippen molar-refractivity contribution in [2.75, 3.05) is 13.7 Å². The number of rotatable bonds is 13. The van der Waals surface area contributed by atoms with E-state index in [4.69, 9.17) is 9.47 Å². The predicted molar refractivity (Wildman–Crippen MR) is 161 cm³/mol. The Kier molecular flexibility index (Phi) is 13.6. The van der Waals surface area contributed by atoms with Crippen molar-refractivity contribution in [3.8, 4) is 0 Å². The molecular weight excluding hydrogens is 592 g/mol. The van der Waals surface area contributed by atoms with Crippen LogP contribution < -0.4 is 16.1 Å². The zero-order valence-electron chi connectivity index (χ0n) is 24.6. The van der Waals surface area contributed by atoms with Gasteiger partial charge in [-0.1, -0.05) is 78.7 Å². The number of nitrogens with zero attached hydrogens (tertiary/aromatic N) is 1. The number of nitrogens with one attached hydrogen (secondary N) is 3. The number of benzene rings is 2. The first-order chi connectivity index (χ1) is 19.3. The summed E-state index contributed by atoms with van der Waals surface area (Å²) < 4.78 is 11.1. The van der Waals surface area contributed by atoms with Crippen molar-refractivity contribution in [1.29, 1.82) is 0 Å². The normalized spacial score (nSPS) is 14.4. The molecule has 4 atom stereocenters. The van der Waals surface area contributed by atoms with Gasteiger partial charge in [0.2, 0.25) is 0 Å². The third-order valence-electron chi connectivity index (χ3n) is 6.38. The molecule has 11 heteroatoms. The minimum absolute atomic E-state index is 0.0272. The molecule has 0 fully saturated rings. The highest BCUT2D eigenvalue weighted by Gasteiger charge is 2.30. The molecule has 0 aliphatic rings. The third-order valence-corrected chi connectivity index (χ3v) is 6.91. The van der Waals surface area contributed by atoms with Crippen molar-refractivity contribution in [2.24, 2.45) is 5.92 Å². The average molecular weight is 636 g/mol. The summed E-state index contributed by atoms with van der Waals surface area (Å²) in [6, 6.07) is 15.5. The number of aliphatic hydroxyl groups is 1. The van der Waals surface area contributed by atoms with E-state index >= 15 is 0 Å². The number of amides is 3. The van der Waals surface area contributed by atoms with Crippen molar-refractivity contribution in [3.63, 3.8) is 0 Å². The van der Waals surface area contributed by atoms with Gasteiger partial charge in [0.05, 0.1) is 19.3 Å². The summed E-state index contributed by atoms with van der Waals surface area (Å²) in [5.74, 6) is -0.637. The minimum atomic E-state index is -1.10. The second-order valence-electron chi connectivity index (χ2n) is 11.0. The van der Waals surface area contributed by atoms with E-state index in [1.807, 2.05) is 68.4 Å². The van der Waals surface area contributed by atoms with Crippen LogP contribution in [0, 0.1) is 5.92 Å². The average Bonchev–Trinajstić information content (AvgIpc) is 2.91. The van der Waals surface area contributed by atoms with E-state index in [2.05, 4.69) is 32.0 Å². The minimum Gasteiger partial charge on any atom is -0.453 e. The molecule has 0 radical (unpaired) electrons. The first-order valence-corrected chi connectivity index (χ1v) is 14.5. The van der Waals surface area contributed by atoms with E-state index in [1.165, 1.54) is 7.11 Å². The highest BCUT2D eigenvalue weighted by molar-refractivity contribution is 9.10. The lowest BCUT2D eigenvalue weighted by Gasteiger charge is -2.32. The van der Waals surface area contributed by atoms with Crippen LogP contribution in [0.1, 0.15) is 52.2 Å². The lowest BCUT2D eigenvalue weighted by atomic mass is 9.98. The first kappa shape index (κ1) is 34.1. The number of alkyl carbamates (subject to hydrolysis) is 2. The van der Waals surface area contributed by atoms with Gasteiger partial charge >= 0.3 is 12.2 Å². The SMILES string of the molecule is CC[C@H](C)[C@H](NC(=O)OC)C(=O)NN(Cc1ccc(Br)cc1)C[C@H](O)[C@H](Cc1ccccc1)NC(=O)OC(C)(C)C. The van der Waals surface area contributed by atoms with Crippen molar-refractivity contribution in [1.82, 2.24) is 21.1 Å².